The number of hydrogen-bond donors (Lipinski definition) is 2. The molecule has 20 heavy (non-hydrogen) atoms. The van der Waals surface area contributed by atoms with Gasteiger partial charge in [-0.15, -0.1) is 0 Å². The van der Waals surface area contributed by atoms with Gasteiger partial charge in [0.2, 0.25) is 0 Å². The Morgan fingerprint density at radius 3 is 2.55 bits per heavy atom. The highest BCUT2D eigenvalue weighted by molar-refractivity contribution is 9.10. The van der Waals surface area contributed by atoms with E-state index in [1.807, 2.05) is 0 Å². The van der Waals surface area contributed by atoms with Crippen molar-refractivity contribution in [2.24, 2.45) is 0 Å². The Morgan fingerprint density at radius 2 is 1.95 bits per heavy atom. The molecule has 0 saturated carbocycles. The molecule has 1 aromatic carbocycles. The Bertz CT molecular complexity index is 461. The molecule has 0 spiro atoms. The lowest BCUT2D eigenvalue weighted by Crippen LogP contribution is -2.46. The van der Waals surface area contributed by atoms with Crippen LogP contribution in [-0.2, 0) is 0 Å². The lowest BCUT2D eigenvalue weighted by Gasteiger charge is -2.36. The Kier molecular flexibility index (Phi) is 4.93. The zero-order valence-corrected chi connectivity index (χ0v) is 12.3. The number of rotatable bonds is 3. The fourth-order valence-corrected chi connectivity index (χ4v) is 2.83. The van der Waals surface area contributed by atoms with Gasteiger partial charge in [-0.05, 0) is 22.0 Å². The average Bonchev–Trinajstić information content (AvgIpc) is 2.40. The first-order chi connectivity index (χ1) is 9.38. The normalized spacial score (nSPS) is 19.0. The number of piperazine rings is 1. The molecule has 0 radical (unpaired) electrons. The van der Waals surface area contributed by atoms with Gasteiger partial charge in [-0.1, -0.05) is 12.1 Å². The molecular weight excluding hydrogens is 337 g/mol. The molecule has 1 aliphatic heterocycles. The molecule has 1 aromatic rings. The number of benzene rings is 1. The summed E-state index contributed by atoms with van der Waals surface area (Å²) in [6, 6.07) is 3.96. The summed E-state index contributed by atoms with van der Waals surface area (Å²) in [4.78, 5) is 1.77. The zero-order chi connectivity index (χ0) is 14.8. The molecule has 1 fully saturated rings. The van der Waals surface area contributed by atoms with Gasteiger partial charge in [0.15, 0.2) is 0 Å². The van der Waals surface area contributed by atoms with Gasteiger partial charge < -0.3 is 10.4 Å². The van der Waals surface area contributed by atoms with E-state index in [4.69, 9.17) is 0 Å². The Balaban J connectivity index is 2.32. The van der Waals surface area contributed by atoms with Gasteiger partial charge >= 0.3 is 6.18 Å². The first kappa shape index (κ1) is 15.6. The first-order valence-corrected chi connectivity index (χ1v) is 7.16. The van der Waals surface area contributed by atoms with Gasteiger partial charge in [0.05, 0.1) is 10.9 Å². The fraction of sp³-hybridized carbons (Fsp3) is 0.538. The number of para-hydroxylation sites is 1. The van der Waals surface area contributed by atoms with Crippen LogP contribution in [0.5, 0.6) is 5.75 Å². The van der Waals surface area contributed by atoms with Crippen molar-refractivity contribution in [2.45, 2.75) is 18.6 Å². The highest BCUT2D eigenvalue weighted by Gasteiger charge is 2.37. The summed E-state index contributed by atoms with van der Waals surface area (Å²) in [5.74, 6) is -0.111. The van der Waals surface area contributed by atoms with E-state index in [9.17, 15) is 18.3 Å². The van der Waals surface area contributed by atoms with E-state index in [1.54, 1.807) is 23.1 Å². The van der Waals surface area contributed by atoms with Crippen molar-refractivity contribution >= 4 is 15.9 Å². The molecule has 2 N–H and O–H groups in total. The smallest absolute Gasteiger partial charge is 0.390 e. The second-order valence-electron chi connectivity index (χ2n) is 4.80. The van der Waals surface area contributed by atoms with Crippen LogP contribution >= 0.6 is 15.9 Å². The third-order valence-corrected chi connectivity index (χ3v) is 4.03. The highest BCUT2D eigenvalue weighted by Crippen LogP contribution is 2.40. The van der Waals surface area contributed by atoms with Crippen LogP contribution < -0.4 is 5.32 Å². The van der Waals surface area contributed by atoms with E-state index in [2.05, 4.69) is 21.2 Å². The molecule has 2 rings (SSSR count). The second kappa shape index (κ2) is 6.32. The molecule has 0 aliphatic carbocycles. The maximum atomic E-state index is 12.8. The van der Waals surface area contributed by atoms with Crippen molar-refractivity contribution in [3.8, 4) is 5.75 Å². The van der Waals surface area contributed by atoms with E-state index in [-0.39, 0.29) is 5.75 Å². The molecule has 0 bridgehead atoms. The summed E-state index contributed by atoms with van der Waals surface area (Å²) in [5.41, 5.74) is 0.318. The van der Waals surface area contributed by atoms with Crippen LogP contribution in [0.15, 0.2) is 22.7 Å². The van der Waals surface area contributed by atoms with Gasteiger partial charge in [-0.25, -0.2) is 0 Å². The maximum Gasteiger partial charge on any atom is 0.390 e. The van der Waals surface area contributed by atoms with Gasteiger partial charge in [0.25, 0.3) is 0 Å². The lowest BCUT2D eigenvalue weighted by molar-refractivity contribution is -0.148. The number of hydrogen-bond acceptors (Lipinski definition) is 3. The molecule has 0 amide bonds. The molecule has 112 valence electrons. The Morgan fingerprint density at radius 1 is 1.30 bits per heavy atom. The van der Waals surface area contributed by atoms with Crippen LogP contribution in [0.4, 0.5) is 13.2 Å². The molecule has 0 aromatic heterocycles. The summed E-state index contributed by atoms with van der Waals surface area (Å²) in [6.07, 6.45) is -5.23. The van der Waals surface area contributed by atoms with Gasteiger partial charge in [0.1, 0.15) is 5.75 Å². The number of halogens is 4. The van der Waals surface area contributed by atoms with Crippen molar-refractivity contribution < 1.29 is 18.3 Å². The van der Waals surface area contributed by atoms with Crippen molar-refractivity contribution in [3.05, 3.63) is 28.2 Å². The number of aromatic hydroxyl groups is 1. The second-order valence-corrected chi connectivity index (χ2v) is 5.65. The third kappa shape index (κ3) is 3.86. The molecular formula is C13H16BrF3N2O. The molecule has 3 nitrogen and oxygen atoms in total. The summed E-state index contributed by atoms with van der Waals surface area (Å²) in [7, 11) is 0. The molecule has 1 atom stereocenters. The summed E-state index contributed by atoms with van der Waals surface area (Å²) in [6.45, 7) is 2.38. The quantitative estimate of drug-likeness (QED) is 0.877. The van der Waals surface area contributed by atoms with Crippen molar-refractivity contribution in [3.63, 3.8) is 0 Å². The summed E-state index contributed by atoms with van der Waals surface area (Å²) < 4.78 is 38.9. The topological polar surface area (TPSA) is 35.5 Å². The van der Waals surface area contributed by atoms with E-state index in [0.29, 0.717) is 36.2 Å². The number of alkyl halides is 3. The van der Waals surface area contributed by atoms with Crippen molar-refractivity contribution in [1.29, 1.82) is 0 Å². The summed E-state index contributed by atoms with van der Waals surface area (Å²) in [5, 5.41) is 13.2. The lowest BCUT2D eigenvalue weighted by atomic mass is 10.00. The van der Waals surface area contributed by atoms with E-state index < -0.39 is 18.6 Å². The minimum absolute atomic E-state index is 0.111. The van der Waals surface area contributed by atoms with Crippen molar-refractivity contribution in [1.82, 2.24) is 10.2 Å². The molecule has 1 heterocycles. The van der Waals surface area contributed by atoms with E-state index >= 15 is 0 Å². The minimum atomic E-state index is -4.27. The van der Waals surface area contributed by atoms with Crippen LogP contribution in [0, 0.1) is 0 Å². The van der Waals surface area contributed by atoms with Crippen molar-refractivity contribution in [2.75, 3.05) is 26.2 Å². The number of phenolic OH excluding ortho intramolecular Hbond substituents is 1. The van der Waals surface area contributed by atoms with Crippen LogP contribution in [0.25, 0.3) is 0 Å². The predicted octanol–water partition coefficient (Wildman–Crippen LogP) is 3.05. The van der Waals surface area contributed by atoms with Crippen LogP contribution in [0.2, 0.25) is 0 Å². The van der Waals surface area contributed by atoms with Crippen LogP contribution in [-0.4, -0.2) is 42.4 Å². The maximum absolute atomic E-state index is 12.8. The van der Waals surface area contributed by atoms with E-state index in [1.165, 1.54) is 0 Å². The van der Waals surface area contributed by atoms with Gasteiger partial charge in [-0.3, -0.25) is 4.90 Å². The van der Waals surface area contributed by atoms with Gasteiger partial charge in [-0.2, -0.15) is 13.2 Å². The average molecular weight is 353 g/mol. The monoisotopic (exact) mass is 352 g/mol. The number of nitrogens with zero attached hydrogens (tertiary/aromatic N) is 1. The number of phenols is 1. The Labute approximate surface area is 123 Å². The number of nitrogens with one attached hydrogen (secondary N) is 1. The molecule has 1 saturated heterocycles. The third-order valence-electron chi connectivity index (χ3n) is 3.39. The van der Waals surface area contributed by atoms with E-state index in [0.717, 1.165) is 0 Å². The van der Waals surface area contributed by atoms with Gasteiger partial charge in [0, 0.05) is 37.8 Å². The molecule has 7 heteroatoms. The van der Waals surface area contributed by atoms with Crippen LogP contribution in [0.3, 0.4) is 0 Å². The van der Waals surface area contributed by atoms with Crippen LogP contribution in [0.1, 0.15) is 18.0 Å². The first-order valence-electron chi connectivity index (χ1n) is 6.37. The Hall–Kier alpha value is -0.790. The zero-order valence-electron chi connectivity index (χ0n) is 10.8. The standard InChI is InChI=1S/C13H16BrF3N2O/c14-10-3-1-2-9(12(10)20)11(8-13(15,16)17)19-6-4-18-5-7-19/h1-3,11,18,20H,4-8H2/t11-/m0/s1. The predicted molar refractivity (Wildman–Crippen MR) is 73.7 cm³/mol. The largest absolute Gasteiger partial charge is 0.506 e. The SMILES string of the molecule is Oc1c(Br)cccc1[C@H](CC(F)(F)F)N1CCNCC1. The molecule has 0 unspecified atom stereocenters. The molecule has 1 aliphatic rings. The summed E-state index contributed by atoms with van der Waals surface area (Å²) >= 11 is 3.16. The fourth-order valence-electron chi connectivity index (χ4n) is 2.45. The minimum Gasteiger partial charge on any atom is -0.506 e. The highest BCUT2D eigenvalue weighted by atomic mass is 79.9.